The van der Waals surface area contributed by atoms with E-state index in [1.807, 2.05) is 6.92 Å². The van der Waals surface area contributed by atoms with Crippen LogP contribution in [0.15, 0.2) is 34.7 Å². The van der Waals surface area contributed by atoms with E-state index in [4.69, 9.17) is 38.5 Å². The molecule has 9 heteroatoms. The van der Waals surface area contributed by atoms with Gasteiger partial charge in [-0.3, -0.25) is 9.59 Å². The molecule has 1 aromatic carbocycles. The van der Waals surface area contributed by atoms with Crippen molar-refractivity contribution in [3.63, 3.8) is 0 Å². The van der Waals surface area contributed by atoms with Gasteiger partial charge in [0.25, 0.3) is 5.91 Å². The number of pyridine rings is 1. The zero-order chi connectivity index (χ0) is 20.1. The first-order valence-electron chi connectivity index (χ1n) is 7.84. The Morgan fingerprint density at radius 1 is 1.22 bits per heavy atom. The smallest absolute Gasteiger partial charge is 0.303 e. The van der Waals surface area contributed by atoms with Gasteiger partial charge in [0.1, 0.15) is 5.76 Å². The Kier molecular flexibility index (Phi) is 6.65. The van der Waals surface area contributed by atoms with E-state index in [2.05, 4.69) is 4.98 Å². The molecule has 0 aliphatic rings. The fourth-order valence-corrected chi connectivity index (χ4v) is 2.54. The number of aliphatic carboxylic acids is 1. The monoisotopic (exact) mass is 410 g/mol. The number of halogens is 2. The topological polar surface area (TPSA) is 127 Å². The Balaban J connectivity index is 0.000000380. The van der Waals surface area contributed by atoms with Crippen LogP contribution in [0.1, 0.15) is 30.3 Å². The number of primary amides is 1. The van der Waals surface area contributed by atoms with E-state index in [0.717, 1.165) is 12.0 Å². The number of hydrogen-bond donors (Lipinski definition) is 3. The zero-order valence-corrected chi connectivity index (χ0v) is 15.7. The Morgan fingerprint density at radius 3 is 2.33 bits per heavy atom. The first kappa shape index (κ1) is 20.5. The third-order valence-corrected chi connectivity index (χ3v) is 3.94. The summed E-state index contributed by atoms with van der Waals surface area (Å²) in [5.74, 6) is -1.48. The number of carbonyl (C=O) groups excluding carboxylic acids is 1. The third kappa shape index (κ3) is 4.90. The molecule has 3 aromatic rings. The molecule has 1 amide bonds. The maximum atomic E-state index is 11.2. The van der Waals surface area contributed by atoms with Gasteiger partial charge in [-0.15, -0.1) is 0 Å². The van der Waals surface area contributed by atoms with E-state index >= 15 is 0 Å². The summed E-state index contributed by atoms with van der Waals surface area (Å²) < 4.78 is 5.59. The summed E-state index contributed by atoms with van der Waals surface area (Å²) in [6.07, 6.45) is 1.02. The summed E-state index contributed by atoms with van der Waals surface area (Å²) in [4.78, 5) is 24.6. The molecule has 0 spiro atoms. The van der Waals surface area contributed by atoms with Gasteiger partial charge >= 0.3 is 5.97 Å². The van der Waals surface area contributed by atoms with Crippen LogP contribution < -0.4 is 5.73 Å². The number of nitrogens with two attached hydrogens (primary N) is 1. The van der Waals surface area contributed by atoms with Crippen molar-refractivity contribution in [1.82, 2.24) is 4.98 Å². The second kappa shape index (κ2) is 8.75. The van der Waals surface area contributed by atoms with Gasteiger partial charge in [0.05, 0.1) is 5.39 Å². The predicted molar refractivity (Wildman–Crippen MR) is 102 cm³/mol. The maximum Gasteiger partial charge on any atom is 0.303 e. The van der Waals surface area contributed by atoms with Gasteiger partial charge < -0.3 is 20.4 Å². The van der Waals surface area contributed by atoms with Crippen molar-refractivity contribution in [3.05, 3.63) is 46.2 Å². The van der Waals surface area contributed by atoms with Crippen molar-refractivity contribution >= 4 is 46.0 Å². The summed E-state index contributed by atoms with van der Waals surface area (Å²) in [6, 6.07) is 8.49. The van der Waals surface area contributed by atoms with Gasteiger partial charge in [0.2, 0.25) is 0 Å². The van der Waals surface area contributed by atoms with Gasteiger partial charge in [0.15, 0.2) is 22.2 Å². The molecule has 2 heterocycles. The molecule has 0 unspecified atom stereocenters. The van der Waals surface area contributed by atoms with Crippen molar-refractivity contribution in [2.75, 3.05) is 0 Å². The molecule has 0 aliphatic carbocycles. The van der Waals surface area contributed by atoms with Crippen LogP contribution >= 0.6 is 23.2 Å². The number of fused-ring (bicyclic) bond motifs is 1. The van der Waals surface area contributed by atoms with Crippen LogP contribution in [-0.4, -0.2) is 27.1 Å². The van der Waals surface area contributed by atoms with Crippen LogP contribution in [0.5, 0.6) is 5.75 Å². The average molecular weight is 411 g/mol. The molecule has 3 rings (SSSR count). The van der Waals surface area contributed by atoms with Crippen LogP contribution in [0.3, 0.4) is 0 Å². The number of benzene rings is 1. The molecule has 0 atom stereocenters. The number of carboxylic acids is 1. The quantitative estimate of drug-likeness (QED) is 0.544. The number of carbonyl (C=O) groups is 2. The highest BCUT2D eigenvalue weighted by Gasteiger charge is 2.20. The predicted octanol–water partition coefficient (Wildman–Crippen LogP) is 4.48. The number of hydrogen-bond acceptors (Lipinski definition) is 5. The molecule has 142 valence electrons. The lowest BCUT2D eigenvalue weighted by Crippen LogP contribution is -2.13. The van der Waals surface area contributed by atoms with Crippen LogP contribution in [0.25, 0.3) is 22.3 Å². The SMILES string of the molecule is CCCC(=O)O.NC(=O)c1nc(Cl)c2oc(-c3ccc(Cl)cc3)cc2c1O. The largest absolute Gasteiger partial charge is 0.505 e. The number of aromatic hydroxyl groups is 1. The van der Waals surface area contributed by atoms with Crippen molar-refractivity contribution < 1.29 is 24.2 Å². The molecule has 0 aliphatic heterocycles. The molecule has 4 N–H and O–H groups in total. The van der Waals surface area contributed by atoms with Crippen molar-refractivity contribution in [2.45, 2.75) is 19.8 Å². The molecule has 0 bridgehead atoms. The maximum absolute atomic E-state index is 11.2. The zero-order valence-electron chi connectivity index (χ0n) is 14.2. The minimum atomic E-state index is -0.870. The van der Waals surface area contributed by atoms with Gasteiger partial charge in [-0.1, -0.05) is 30.1 Å². The normalized spacial score (nSPS) is 10.3. The van der Waals surface area contributed by atoms with E-state index in [1.165, 1.54) is 0 Å². The number of furan rings is 1. The Hall–Kier alpha value is -2.77. The molecular formula is C18H16Cl2N2O5. The van der Waals surface area contributed by atoms with Crippen molar-refractivity contribution in [1.29, 1.82) is 0 Å². The van der Waals surface area contributed by atoms with Gasteiger partial charge in [-0.05, 0) is 36.8 Å². The molecule has 0 saturated carbocycles. The Labute approximate surface area is 164 Å². The standard InChI is InChI=1S/C14H8Cl2N2O3.C4H8O2/c15-7-3-1-6(2-4-7)9-5-8-11(19)10(14(17)20)18-13(16)12(8)21-9;1-2-3-4(5)6/h1-5,19H,(H2,17,20);2-3H2,1H3,(H,5,6). The second-order valence-corrected chi connectivity index (χ2v) is 6.26. The van der Waals surface area contributed by atoms with E-state index in [-0.39, 0.29) is 27.6 Å². The van der Waals surface area contributed by atoms with E-state index in [0.29, 0.717) is 17.2 Å². The van der Waals surface area contributed by atoms with Crippen molar-refractivity contribution in [3.8, 4) is 17.1 Å². The minimum Gasteiger partial charge on any atom is -0.505 e. The van der Waals surface area contributed by atoms with Gasteiger partial charge in [-0.25, -0.2) is 4.98 Å². The van der Waals surface area contributed by atoms with E-state index in [9.17, 15) is 14.7 Å². The first-order valence-corrected chi connectivity index (χ1v) is 8.59. The third-order valence-electron chi connectivity index (χ3n) is 3.43. The van der Waals surface area contributed by atoms with E-state index < -0.39 is 11.9 Å². The number of aromatic nitrogens is 1. The second-order valence-electron chi connectivity index (χ2n) is 5.47. The lowest BCUT2D eigenvalue weighted by atomic mass is 10.1. The minimum absolute atomic E-state index is 0.0446. The summed E-state index contributed by atoms with van der Waals surface area (Å²) in [5.41, 5.74) is 5.77. The highest BCUT2D eigenvalue weighted by molar-refractivity contribution is 6.34. The van der Waals surface area contributed by atoms with Crippen LogP contribution in [-0.2, 0) is 4.79 Å². The first-order chi connectivity index (χ1) is 12.7. The van der Waals surface area contributed by atoms with Crippen LogP contribution in [0.2, 0.25) is 10.2 Å². The lowest BCUT2D eigenvalue weighted by molar-refractivity contribution is -0.137. The number of nitrogens with zero attached hydrogens (tertiary/aromatic N) is 1. The van der Waals surface area contributed by atoms with Crippen molar-refractivity contribution in [2.24, 2.45) is 5.73 Å². The molecule has 0 radical (unpaired) electrons. The van der Waals surface area contributed by atoms with E-state index in [1.54, 1.807) is 30.3 Å². The molecule has 27 heavy (non-hydrogen) atoms. The molecule has 2 aromatic heterocycles. The van der Waals surface area contributed by atoms with Crippen LogP contribution in [0, 0.1) is 0 Å². The fourth-order valence-electron chi connectivity index (χ4n) is 2.19. The molecule has 0 saturated heterocycles. The average Bonchev–Trinajstić information content (AvgIpc) is 3.05. The Morgan fingerprint density at radius 2 is 1.85 bits per heavy atom. The molecule has 7 nitrogen and oxygen atoms in total. The van der Waals surface area contributed by atoms with Crippen LogP contribution in [0.4, 0.5) is 0 Å². The summed E-state index contributed by atoms with van der Waals surface area (Å²) >= 11 is 11.8. The summed E-state index contributed by atoms with van der Waals surface area (Å²) in [7, 11) is 0. The number of carboxylic acid groups (broad SMARTS) is 1. The molecular weight excluding hydrogens is 395 g/mol. The summed E-state index contributed by atoms with van der Waals surface area (Å²) in [5, 5.41) is 18.8. The highest BCUT2D eigenvalue weighted by Crippen LogP contribution is 2.37. The fraction of sp³-hybridized carbons (Fsp3) is 0.167. The molecule has 0 fully saturated rings. The highest BCUT2D eigenvalue weighted by atomic mass is 35.5. The Bertz CT molecular complexity index is 984. The number of rotatable bonds is 4. The van der Waals surface area contributed by atoms with Gasteiger partial charge in [0, 0.05) is 17.0 Å². The summed E-state index contributed by atoms with van der Waals surface area (Å²) in [6.45, 7) is 1.84. The lowest BCUT2D eigenvalue weighted by Gasteiger charge is -2.01. The number of amides is 1. The van der Waals surface area contributed by atoms with Gasteiger partial charge in [-0.2, -0.15) is 0 Å².